The minimum Gasteiger partial charge on any atom is -0.347 e. The molecule has 0 saturated carbocycles. The molecule has 1 amide bonds. The lowest BCUT2D eigenvalue weighted by atomic mass is 10.2. The van der Waals surface area contributed by atoms with E-state index in [4.69, 9.17) is 0 Å². The van der Waals surface area contributed by atoms with E-state index < -0.39 is 17.5 Å². The number of nitrogens with one attached hydrogen (secondary N) is 2. The quantitative estimate of drug-likeness (QED) is 0.735. The van der Waals surface area contributed by atoms with Gasteiger partial charge in [0.1, 0.15) is 17.3 Å². The predicted octanol–water partition coefficient (Wildman–Crippen LogP) is 3.13. The topological polar surface area (TPSA) is 79.8 Å². The zero-order valence-electron chi connectivity index (χ0n) is 13.8. The van der Waals surface area contributed by atoms with Crippen molar-refractivity contribution < 1.29 is 13.6 Å². The van der Waals surface area contributed by atoms with E-state index >= 15 is 0 Å². The maximum absolute atomic E-state index is 13.8. The number of aromatic nitrogens is 3. The zero-order valence-corrected chi connectivity index (χ0v) is 13.8. The minimum atomic E-state index is -0.779. The number of hydrogen-bond donors (Lipinski definition) is 2. The van der Waals surface area contributed by atoms with Crippen LogP contribution >= 0.6 is 0 Å². The molecular formula is C18H15F2N5O. The molecule has 0 saturated heterocycles. The van der Waals surface area contributed by atoms with E-state index in [2.05, 4.69) is 25.6 Å². The van der Waals surface area contributed by atoms with E-state index in [9.17, 15) is 13.6 Å². The normalized spacial score (nSPS) is 10.4. The van der Waals surface area contributed by atoms with Crippen LogP contribution in [0.1, 0.15) is 21.7 Å². The Bertz CT molecular complexity index is 934. The van der Waals surface area contributed by atoms with Gasteiger partial charge in [-0.2, -0.15) is 0 Å². The van der Waals surface area contributed by atoms with Gasteiger partial charge in [-0.1, -0.05) is 0 Å². The largest absolute Gasteiger partial charge is 0.347 e. The Morgan fingerprint density at radius 3 is 2.58 bits per heavy atom. The number of anilines is 2. The molecule has 2 aromatic heterocycles. The molecule has 6 nitrogen and oxygen atoms in total. The summed E-state index contributed by atoms with van der Waals surface area (Å²) in [6.45, 7) is 2.01. The predicted molar refractivity (Wildman–Crippen MR) is 91.8 cm³/mol. The second-order valence-electron chi connectivity index (χ2n) is 5.51. The van der Waals surface area contributed by atoms with Gasteiger partial charge >= 0.3 is 0 Å². The molecule has 0 unspecified atom stereocenters. The van der Waals surface area contributed by atoms with Crippen molar-refractivity contribution in [3.63, 3.8) is 0 Å². The first-order valence-electron chi connectivity index (χ1n) is 7.76. The first-order chi connectivity index (χ1) is 12.5. The Hall–Kier alpha value is -3.42. The number of pyridine rings is 1. The van der Waals surface area contributed by atoms with Crippen molar-refractivity contribution >= 4 is 17.5 Å². The van der Waals surface area contributed by atoms with Gasteiger partial charge in [-0.3, -0.25) is 9.78 Å². The smallest absolute Gasteiger partial charge is 0.270 e. The van der Waals surface area contributed by atoms with Crippen molar-refractivity contribution in [3.8, 4) is 0 Å². The Kier molecular flexibility index (Phi) is 5.12. The molecule has 0 bridgehead atoms. The Balaban J connectivity index is 1.75. The molecule has 0 radical (unpaired) electrons. The van der Waals surface area contributed by atoms with Crippen molar-refractivity contribution in [2.75, 3.05) is 5.32 Å². The van der Waals surface area contributed by atoms with Gasteiger partial charge in [0, 0.05) is 30.7 Å². The lowest BCUT2D eigenvalue weighted by Crippen LogP contribution is -2.24. The number of aryl methyl sites for hydroxylation is 1. The van der Waals surface area contributed by atoms with E-state index in [0.29, 0.717) is 12.2 Å². The third-order valence-corrected chi connectivity index (χ3v) is 3.47. The molecule has 0 aliphatic heterocycles. The van der Waals surface area contributed by atoms with Crippen LogP contribution in [0.5, 0.6) is 0 Å². The highest BCUT2D eigenvalue weighted by Crippen LogP contribution is 2.19. The van der Waals surface area contributed by atoms with Gasteiger partial charge in [0.25, 0.3) is 5.91 Å². The van der Waals surface area contributed by atoms with Crippen LogP contribution in [0.15, 0.2) is 48.8 Å². The summed E-state index contributed by atoms with van der Waals surface area (Å²) in [5, 5.41) is 5.40. The third kappa shape index (κ3) is 4.35. The standard InChI is InChI=1S/C18H15F2N5O/c1-11-8-16(17(26)22-10-12-4-6-21-7-5-12)25-18(23-11)24-15-3-2-13(19)9-14(15)20/h2-9H,10H2,1H3,(H,22,26)(H,23,24,25). The van der Waals surface area contributed by atoms with Crippen LogP contribution in [0.3, 0.4) is 0 Å². The number of carbonyl (C=O) groups is 1. The van der Waals surface area contributed by atoms with Crippen LogP contribution in [0.4, 0.5) is 20.4 Å². The van der Waals surface area contributed by atoms with E-state index in [0.717, 1.165) is 17.7 Å². The Morgan fingerprint density at radius 2 is 1.85 bits per heavy atom. The van der Waals surface area contributed by atoms with Gasteiger partial charge in [-0.25, -0.2) is 18.7 Å². The minimum absolute atomic E-state index is 0.0140. The van der Waals surface area contributed by atoms with E-state index in [1.807, 2.05) is 0 Å². The van der Waals surface area contributed by atoms with Crippen LogP contribution in [-0.2, 0) is 6.54 Å². The number of carbonyl (C=O) groups excluding carboxylic acids is 1. The van der Waals surface area contributed by atoms with Crippen LogP contribution in [0.2, 0.25) is 0 Å². The molecular weight excluding hydrogens is 340 g/mol. The fourth-order valence-corrected chi connectivity index (χ4v) is 2.23. The second-order valence-corrected chi connectivity index (χ2v) is 5.51. The lowest BCUT2D eigenvalue weighted by molar-refractivity contribution is 0.0945. The summed E-state index contributed by atoms with van der Waals surface area (Å²) in [4.78, 5) is 24.4. The van der Waals surface area contributed by atoms with E-state index in [1.54, 1.807) is 31.5 Å². The summed E-state index contributed by atoms with van der Waals surface area (Å²) >= 11 is 0. The van der Waals surface area contributed by atoms with Gasteiger partial charge in [-0.15, -0.1) is 0 Å². The third-order valence-electron chi connectivity index (χ3n) is 3.47. The fourth-order valence-electron chi connectivity index (χ4n) is 2.23. The molecule has 132 valence electrons. The van der Waals surface area contributed by atoms with Crippen LogP contribution < -0.4 is 10.6 Å². The molecule has 8 heteroatoms. The van der Waals surface area contributed by atoms with Gasteiger partial charge in [0.05, 0.1) is 5.69 Å². The van der Waals surface area contributed by atoms with Gasteiger partial charge in [0.15, 0.2) is 0 Å². The Morgan fingerprint density at radius 1 is 1.08 bits per heavy atom. The van der Waals surface area contributed by atoms with Gasteiger partial charge in [0.2, 0.25) is 5.95 Å². The van der Waals surface area contributed by atoms with E-state index in [1.165, 1.54) is 12.1 Å². The number of amides is 1. The molecule has 2 N–H and O–H groups in total. The maximum Gasteiger partial charge on any atom is 0.270 e. The maximum atomic E-state index is 13.8. The molecule has 26 heavy (non-hydrogen) atoms. The van der Waals surface area contributed by atoms with Crippen LogP contribution in [0.25, 0.3) is 0 Å². The molecule has 2 heterocycles. The highest BCUT2D eigenvalue weighted by Gasteiger charge is 2.12. The van der Waals surface area contributed by atoms with Crippen molar-refractivity contribution in [3.05, 3.63) is 77.4 Å². The number of rotatable bonds is 5. The second kappa shape index (κ2) is 7.64. The van der Waals surface area contributed by atoms with Gasteiger partial charge in [-0.05, 0) is 42.8 Å². The van der Waals surface area contributed by atoms with Crippen LogP contribution in [-0.4, -0.2) is 20.9 Å². The highest BCUT2D eigenvalue weighted by molar-refractivity contribution is 5.92. The summed E-state index contributed by atoms with van der Waals surface area (Å²) < 4.78 is 26.8. The lowest BCUT2D eigenvalue weighted by Gasteiger charge is -2.09. The first-order valence-corrected chi connectivity index (χ1v) is 7.76. The molecule has 1 aromatic carbocycles. The van der Waals surface area contributed by atoms with Crippen molar-refractivity contribution in [1.82, 2.24) is 20.3 Å². The molecule has 0 spiro atoms. The molecule has 0 atom stereocenters. The molecule has 0 aliphatic rings. The number of halogens is 2. The first kappa shape index (κ1) is 17.4. The number of hydrogen-bond acceptors (Lipinski definition) is 5. The molecule has 3 aromatic rings. The summed E-state index contributed by atoms with van der Waals surface area (Å²) in [5.41, 5.74) is 1.57. The van der Waals surface area contributed by atoms with Crippen LogP contribution in [0, 0.1) is 18.6 Å². The van der Waals surface area contributed by atoms with E-state index in [-0.39, 0.29) is 17.3 Å². The summed E-state index contributed by atoms with van der Waals surface area (Å²) in [7, 11) is 0. The summed E-state index contributed by atoms with van der Waals surface area (Å²) in [6, 6.07) is 8.20. The average molecular weight is 355 g/mol. The number of benzene rings is 1. The molecule has 0 fully saturated rings. The summed E-state index contributed by atoms with van der Waals surface area (Å²) in [5.74, 6) is -1.81. The highest BCUT2D eigenvalue weighted by atomic mass is 19.1. The fraction of sp³-hybridized carbons (Fsp3) is 0.111. The summed E-state index contributed by atoms with van der Waals surface area (Å²) in [6.07, 6.45) is 3.27. The molecule has 0 aliphatic carbocycles. The SMILES string of the molecule is Cc1cc(C(=O)NCc2ccncc2)nc(Nc2ccc(F)cc2F)n1. The average Bonchev–Trinajstić information content (AvgIpc) is 2.62. The zero-order chi connectivity index (χ0) is 18.5. The van der Waals surface area contributed by atoms with Gasteiger partial charge < -0.3 is 10.6 Å². The number of nitrogens with zero attached hydrogens (tertiary/aromatic N) is 3. The van der Waals surface area contributed by atoms with Crippen molar-refractivity contribution in [1.29, 1.82) is 0 Å². The van der Waals surface area contributed by atoms with Crippen molar-refractivity contribution in [2.24, 2.45) is 0 Å². The molecule has 3 rings (SSSR count). The Labute approximate surface area is 148 Å². The monoisotopic (exact) mass is 355 g/mol. The van der Waals surface area contributed by atoms with Crippen molar-refractivity contribution in [2.45, 2.75) is 13.5 Å².